The maximum atomic E-state index is 3.63. The Balaban J connectivity index is 1.84. The fourth-order valence-corrected chi connectivity index (χ4v) is 3.83. The fourth-order valence-electron chi connectivity index (χ4n) is 3.19. The number of rotatable bonds is 6. The summed E-state index contributed by atoms with van der Waals surface area (Å²) in [6.07, 6.45) is 10.8. The van der Waals surface area contributed by atoms with E-state index in [1.807, 2.05) is 0 Å². The number of halogens is 1. The van der Waals surface area contributed by atoms with Crippen LogP contribution in [-0.4, -0.2) is 5.33 Å². The zero-order valence-corrected chi connectivity index (χ0v) is 13.8. The second kappa shape index (κ2) is 8.09. The Labute approximate surface area is 127 Å². The van der Waals surface area contributed by atoms with Gasteiger partial charge in [-0.2, -0.15) is 0 Å². The predicted molar refractivity (Wildman–Crippen MR) is 88.2 cm³/mol. The van der Waals surface area contributed by atoms with Crippen molar-refractivity contribution in [1.82, 2.24) is 0 Å². The number of hydrogen-bond acceptors (Lipinski definition) is 0. The topological polar surface area (TPSA) is 0 Å². The molecule has 0 atom stereocenters. The van der Waals surface area contributed by atoms with E-state index in [1.54, 1.807) is 5.56 Å². The Hall–Kier alpha value is -0.300. The molecular formula is C18H27Br. The Morgan fingerprint density at radius 3 is 2.26 bits per heavy atom. The van der Waals surface area contributed by atoms with Gasteiger partial charge in [0.1, 0.15) is 0 Å². The lowest BCUT2D eigenvalue weighted by molar-refractivity contribution is 0.354. The SMILES string of the molecule is CCCCCc1ccc(C2CCC(CBr)CC2)cc1. The molecule has 2 rings (SSSR count). The largest absolute Gasteiger partial charge is 0.0925 e. The van der Waals surface area contributed by atoms with Crippen LogP contribution in [0.3, 0.4) is 0 Å². The van der Waals surface area contributed by atoms with Crippen molar-refractivity contribution in [2.24, 2.45) is 5.92 Å². The summed E-state index contributed by atoms with van der Waals surface area (Å²) >= 11 is 3.63. The highest BCUT2D eigenvalue weighted by atomic mass is 79.9. The van der Waals surface area contributed by atoms with Gasteiger partial charge in [-0.05, 0) is 61.5 Å². The highest BCUT2D eigenvalue weighted by molar-refractivity contribution is 9.09. The molecule has 1 aliphatic carbocycles. The molecule has 0 unspecified atom stereocenters. The van der Waals surface area contributed by atoms with Crippen LogP contribution in [0.2, 0.25) is 0 Å². The minimum absolute atomic E-state index is 0.819. The molecule has 0 saturated heterocycles. The molecule has 1 heteroatoms. The van der Waals surface area contributed by atoms with Crippen molar-refractivity contribution in [3.63, 3.8) is 0 Å². The third kappa shape index (κ3) is 4.63. The van der Waals surface area contributed by atoms with Crippen LogP contribution in [0.25, 0.3) is 0 Å². The van der Waals surface area contributed by atoms with Gasteiger partial charge in [-0.25, -0.2) is 0 Å². The minimum atomic E-state index is 0.819. The van der Waals surface area contributed by atoms with Crippen molar-refractivity contribution in [1.29, 1.82) is 0 Å². The van der Waals surface area contributed by atoms with Crippen LogP contribution in [0.5, 0.6) is 0 Å². The van der Waals surface area contributed by atoms with E-state index in [4.69, 9.17) is 0 Å². The van der Waals surface area contributed by atoms with E-state index in [1.165, 1.54) is 62.3 Å². The van der Waals surface area contributed by atoms with Gasteiger partial charge in [-0.15, -0.1) is 0 Å². The zero-order chi connectivity index (χ0) is 13.5. The smallest absolute Gasteiger partial charge is 0.00596 e. The van der Waals surface area contributed by atoms with E-state index in [9.17, 15) is 0 Å². The van der Waals surface area contributed by atoms with Gasteiger partial charge in [0.05, 0.1) is 0 Å². The average Bonchev–Trinajstić information content (AvgIpc) is 2.48. The third-order valence-corrected chi connectivity index (χ3v) is 5.50. The summed E-state index contributed by atoms with van der Waals surface area (Å²) in [6.45, 7) is 2.27. The van der Waals surface area contributed by atoms with Crippen LogP contribution in [0, 0.1) is 5.92 Å². The molecule has 0 aliphatic heterocycles. The highest BCUT2D eigenvalue weighted by Crippen LogP contribution is 2.36. The van der Waals surface area contributed by atoms with Crippen LogP contribution >= 0.6 is 15.9 Å². The first kappa shape index (κ1) is 15.1. The Bertz CT molecular complexity index is 346. The molecule has 1 fully saturated rings. The predicted octanol–water partition coefficient (Wildman–Crippen LogP) is 6.09. The molecule has 0 N–H and O–H groups in total. The van der Waals surface area contributed by atoms with Crippen LogP contribution in [0.1, 0.15) is 68.9 Å². The maximum absolute atomic E-state index is 3.63. The van der Waals surface area contributed by atoms with Crippen molar-refractivity contribution >= 4 is 15.9 Å². The van der Waals surface area contributed by atoms with E-state index < -0.39 is 0 Å². The molecule has 1 aliphatic rings. The van der Waals surface area contributed by atoms with Crippen molar-refractivity contribution in [2.45, 2.75) is 64.2 Å². The number of aryl methyl sites for hydroxylation is 1. The molecule has 19 heavy (non-hydrogen) atoms. The molecule has 0 nitrogen and oxygen atoms in total. The first-order valence-electron chi connectivity index (χ1n) is 7.98. The average molecular weight is 323 g/mol. The van der Waals surface area contributed by atoms with Crippen LogP contribution in [0.4, 0.5) is 0 Å². The minimum Gasteiger partial charge on any atom is -0.0925 e. The molecular weight excluding hydrogens is 296 g/mol. The van der Waals surface area contributed by atoms with Crippen LogP contribution in [0.15, 0.2) is 24.3 Å². The van der Waals surface area contributed by atoms with E-state index in [0.717, 1.165) is 11.8 Å². The lowest BCUT2D eigenvalue weighted by Crippen LogP contribution is -2.14. The van der Waals surface area contributed by atoms with Gasteiger partial charge in [0.2, 0.25) is 0 Å². The molecule has 0 bridgehead atoms. The first-order chi connectivity index (χ1) is 9.33. The second-order valence-electron chi connectivity index (χ2n) is 6.07. The van der Waals surface area contributed by atoms with Crippen LogP contribution in [-0.2, 0) is 6.42 Å². The molecule has 1 aromatic rings. The third-order valence-electron chi connectivity index (χ3n) is 4.59. The van der Waals surface area contributed by atoms with Gasteiger partial charge in [0, 0.05) is 5.33 Å². The number of hydrogen-bond donors (Lipinski definition) is 0. The first-order valence-corrected chi connectivity index (χ1v) is 9.10. The molecule has 0 amide bonds. The quantitative estimate of drug-likeness (QED) is 0.439. The number of alkyl halides is 1. The Kier molecular flexibility index (Phi) is 6.43. The van der Waals surface area contributed by atoms with Crippen molar-refractivity contribution in [3.05, 3.63) is 35.4 Å². The fraction of sp³-hybridized carbons (Fsp3) is 0.667. The molecule has 1 aromatic carbocycles. The van der Waals surface area contributed by atoms with Gasteiger partial charge in [-0.3, -0.25) is 0 Å². The molecule has 0 heterocycles. The molecule has 0 aromatic heterocycles. The standard InChI is InChI=1S/C18H27Br/c1-2-3-4-5-15-6-10-17(11-7-15)18-12-8-16(14-19)9-13-18/h6-7,10-11,16,18H,2-5,8-9,12-14H2,1H3. The van der Waals surface area contributed by atoms with Gasteiger partial charge in [0.25, 0.3) is 0 Å². The number of unbranched alkanes of at least 4 members (excludes halogenated alkanes) is 2. The van der Waals surface area contributed by atoms with Gasteiger partial charge in [0.15, 0.2) is 0 Å². The second-order valence-corrected chi connectivity index (χ2v) is 6.72. The lowest BCUT2D eigenvalue weighted by atomic mass is 9.79. The zero-order valence-electron chi connectivity index (χ0n) is 12.2. The van der Waals surface area contributed by atoms with E-state index in [2.05, 4.69) is 47.1 Å². The summed E-state index contributed by atoms with van der Waals surface area (Å²) in [7, 11) is 0. The Morgan fingerprint density at radius 2 is 1.68 bits per heavy atom. The van der Waals surface area contributed by atoms with Gasteiger partial charge >= 0.3 is 0 Å². The number of benzene rings is 1. The van der Waals surface area contributed by atoms with E-state index in [-0.39, 0.29) is 0 Å². The summed E-state index contributed by atoms with van der Waals surface area (Å²) in [5.41, 5.74) is 3.10. The highest BCUT2D eigenvalue weighted by Gasteiger charge is 2.21. The summed E-state index contributed by atoms with van der Waals surface area (Å²) in [5, 5.41) is 1.19. The molecule has 0 radical (unpaired) electrons. The summed E-state index contributed by atoms with van der Waals surface area (Å²) in [5.74, 6) is 1.74. The van der Waals surface area contributed by atoms with Crippen molar-refractivity contribution < 1.29 is 0 Å². The Morgan fingerprint density at radius 1 is 1.00 bits per heavy atom. The molecule has 106 valence electrons. The summed E-state index contributed by atoms with van der Waals surface area (Å²) in [4.78, 5) is 0. The summed E-state index contributed by atoms with van der Waals surface area (Å²) in [6, 6.07) is 9.50. The van der Waals surface area contributed by atoms with Crippen molar-refractivity contribution in [3.8, 4) is 0 Å². The van der Waals surface area contributed by atoms with E-state index >= 15 is 0 Å². The molecule has 0 spiro atoms. The normalized spacial score (nSPS) is 23.5. The van der Waals surface area contributed by atoms with E-state index in [0.29, 0.717) is 0 Å². The maximum Gasteiger partial charge on any atom is 0.00596 e. The monoisotopic (exact) mass is 322 g/mol. The van der Waals surface area contributed by atoms with Gasteiger partial charge < -0.3 is 0 Å². The van der Waals surface area contributed by atoms with Gasteiger partial charge in [-0.1, -0.05) is 60.0 Å². The lowest BCUT2D eigenvalue weighted by Gasteiger charge is -2.27. The van der Waals surface area contributed by atoms with Crippen LogP contribution < -0.4 is 0 Å². The van der Waals surface area contributed by atoms with Crippen molar-refractivity contribution in [2.75, 3.05) is 5.33 Å². The molecule has 1 saturated carbocycles. The summed E-state index contributed by atoms with van der Waals surface area (Å²) < 4.78 is 0.